The average Bonchev–Trinajstić information content (AvgIpc) is 2.16. The number of nitrogens with one attached hydrogen (secondary N) is 1. The molecular formula is C8H6ClNO4. The van der Waals surface area contributed by atoms with Crippen LogP contribution in [0.3, 0.4) is 0 Å². The van der Waals surface area contributed by atoms with Crippen LogP contribution in [0.4, 0.5) is 5.69 Å². The van der Waals surface area contributed by atoms with E-state index in [0.29, 0.717) is 0 Å². The molecule has 0 bridgehead atoms. The van der Waals surface area contributed by atoms with Crippen molar-refractivity contribution in [1.82, 2.24) is 0 Å². The van der Waals surface area contributed by atoms with Gasteiger partial charge in [0.1, 0.15) is 0 Å². The van der Waals surface area contributed by atoms with E-state index in [1.54, 1.807) is 0 Å². The number of halogens is 1. The predicted molar refractivity (Wildman–Crippen MR) is 49.8 cm³/mol. The first-order valence-corrected chi connectivity index (χ1v) is 3.92. The summed E-state index contributed by atoms with van der Waals surface area (Å²) in [5, 5.41) is 17.5. The first-order chi connectivity index (χ1) is 6.57. The van der Waals surface area contributed by atoms with Gasteiger partial charge in [0.2, 0.25) is 0 Å². The zero-order valence-corrected chi connectivity index (χ0v) is 7.58. The third-order valence-electron chi connectivity index (χ3n) is 1.61. The maximum absolute atomic E-state index is 10.7. The van der Waals surface area contributed by atoms with Crippen LogP contribution in [0.15, 0.2) is 18.2 Å². The molecule has 74 valence electrons. The fourth-order valence-electron chi connectivity index (χ4n) is 1.04. The summed E-state index contributed by atoms with van der Waals surface area (Å²) in [5.74, 6) is -2.65. The van der Waals surface area contributed by atoms with E-state index in [9.17, 15) is 9.59 Å². The van der Waals surface area contributed by atoms with Gasteiger partial charge in [0.25, 0.3) is 0 Å². The second-order valence-corrected chi connectivity index (χ2v) is 2.62. The largest absolute Gasteiger partial charge is 0.478 e. The summed E-state index contributed by atoms with van der Waals surface area (Å²) < 4.78 is 0. The predicted octanol–water partition coefficient (Wildman–Crippen LogP) is 1.65. The summed E-state index contributed by atoms with van der Waals surface area (Å²) in [6.45, 7) is 0. The van der Waals surface area contributed by atoms with Crippen LogP contribution in [0.25, 0.3) is 0 Å². The smallest absolute Gasteiger partial charge is 0.338 e. The monoisotopic (exact) mass is 215 g/mol. The fraction of sp³-hybridized carbons (Fsp3) is 0. The van der Waals surface area contributed by atoms with Crippen LogP contribution in [0.5, 0.6) is 0 Å². The van der Waals surface area contributed by atoms with Crippen LogP contribution in [-0.2, 0) is 0 Å². The van der Waals surface area contributed by atoms with Crippen LogP contribution in [0, 0.1) is 0 Å². The second-order valence-electron chi connectivity index (χ2n) is 2.43. The van der Waals surface area contributed by atoms with Gasteiger partial charge in [-0.3, -0.25) is 4.84 Å². The number of hydrogen-bond acceptors (Lipinski definition) is 3. The minimum Gasteiger partial charge on any atom is -0.478 e. The van der Waals surface area contributed by atoms with Gasteiger partial charge in [0.15, 0.2) is 0 Å². The highest BCUT2D eigenvalue weighted by molar-refractivity contribution is 6.25. The Kier molecular flexibility index (Phi) is 2.93. The molecule has 0 heterocycles. The lowest BCUT2D eigenvalue weighted by atomic mass is 10.1. The number of carboxylic acids is 2. The van der Waals surface area contributed by atoms with E-state index < -0.39 is 11.9 Å². The molecule has 0 aliphatic rings. The Balaban J connectivity index is 3.43. The molecule has 0 fully saturated rings. The number of aromatic carboxylic acids is 2. The summed E-state index contributed by atoms with van der Waals surface area (Å²) >= 11 is 5.25. The molecule has 3 N–H and O–H groups in total. The zero-order chi connectivity index (χ0) is 10.7. The van der Waals surface area contributed by atoms with Gasteiger partial charge < -0.3 is 10.2 Å². The molecule has 0 saturated heterocycles. The normalized spacial score (nSPS) is 9.50. The van der Waals surface area contributed by atoms with Gasteiger partial charge in [-0.05, 0) is 12.1 Å². The third-order valence-corrected chi connectivity index (χ3v) is 1.81. The van der Waals surface area contributed by atoms with Crippen LogP contribution < -0.4 is 4.84 Å². The van der Waals surface area contributed by atoms with Crippen molar-refractivity contribution in [3.8, 4) is 0 Å². The summed E-state index contributed by atoms with van der Waals surface area (Å²) in [5.41, 5.74) is -0.600. The van der Waals surface area contributed by atoms with Crippen molar-refractivity contribution >= 4 is 29.4 Å². The molecular weight excluding hydrogens is 210 g/mol. The first kappa shape index (κ1) is 10.3. The number of rotatable bonds is 3. The van der Waals surface area contributed by atoms with Gasteiger partial charge in [-0.2, -0.15) is 0 Å². The number of hydrogen-bond donors (Lipinski definition) is 3. The zero-order valence-electron chi connectivity index (χ0n) is 6.82. The van der Waals surface area contributed by atoms with E-state index in [0.717, 1.165) is 0 Å². The van der Waals surface area contributed by atoms with Crippen molar-refractivity contribution in [3.05, 3.63) is 29.3 Å². The van der Waals surface area contributed by atoms with Crippen LogP contribution in [0.1, 0.15) is 20.7 Å². The van der Waals surface area contributed by atoms with Crippen molar-refractivity contribution in [2.75, 3.05) is 4.84 Å². The number of anilines is 1. The third kappa shape index (κ3) is 1.77. The highest BCUT2D eigenvalue weighted by atomic mass is 35.5. The molecule has 0 radical (unpaired) electrons. The molecule has 0 aromatic heterocycles. The van der Waals surface area contributed by atoms with E-state index in [-0.39, 0.29) is 16.8 Å². The Labute approximate surface area is 84.0 Å². The van der Waals surface area contributed by atoms with Gasteiger partial charge in [-0.1, -0.05) is 6.07 Å². The van der Waals surface area contributed by atoms with Crippen LogP contribution in [-0.4, -0.2) is 22.2 Å². The molecule has 0 aliphatic heterocycles. The van der Waals surface area contributed by atoms with Crippen molar-refractivity contribution in [2.24, 2.45) is 0 Å². The van der Waals surface area contributed by atoms with Gasteiger partial charge in [0.05, 0.1) is 16.8 Å². The highest BCUT2D eigenvalue weighted by Gasteiger charge is 2.19. The molecule has 1 aromatic rings. The highest BCUT2D eigenvalue weighted by Crippen LogP contribution is 2.20. The molecule has 14 heavy (non-hydrogen) atoms. The van der Waals surface area contributed by atoms with E-state index in [1.807, 2.05) is 0 Å². The Bertz CT molecular complexity index is 391. The van der Waals surface area contributed by atoms with Gasteiger partial charge in [-0.25, -0.2) is 9.59 Å². The maximum Gasteiger partial charge on any atom is 0.338 e. The number of carbonyl (C=O) groups is 2. The van der Waals surface area contributed by atoms with Crippen molar-refractivity contribution in [2.45, 2.75) is 0 Å². The molecule has 1 rings (SSSR count). The summed E-state index contributed by atoms with van der Waals surface area (Å²) in [4.78, 5) is 23.5. The first-order valence-electron chi connectivity index (χ1n) is 3.54. The summed E-state index contributed by atoms with van der Waals surface area (Å²) in [7, 11) is 0. The second kappa shape index (κ2) is 3.97. The molecule has 0 saturated carbocycles. The van der Waals surface area contributed by atoms with E-state index >= 15 is 0 Å². The van der Waals surface area contributed by atoms with Gasteiger partial charge in [0, 0.05) is 11.8 Å². The lowest BCUT2D eigenvalue weighted by Crippen LogP contribution is -2.09. The van der Waals surface area contributed by atoms with E-state index in [4.69, 9.17) is 22.0 Å². The molecule has 6 heteroatoms. The minimum absolute atomic E-state index is 0.0547. The maximum atomic E-state index is 10.7. The Morgan fingerprint density at radius 1 is 1.21 bits per heavy atom. The lowest BCUT2D eigenvalue weighted by molar-refractivity contribution is 0.0652. The average molecular weight is 216 g/mol. The number of carboxylic acid groups (broad SMARTS) is 2. The molecule has 5 nitrogen and oxygen atoms in total. The minimum atomic E-state index is -1.34. The van der Waals surface area contributed by atoms with Crippen LogP contribution in [0.2, 0.25) is 0 Å². The summed E-state index contributed by atoms with van der Waals surface area (Å²) in [6, 6.07) is 3.98. The topological polar surface area (TPSA) is 86.6 Å². The Morgan fingerprint density at radius 3 is 2.29 bits per heavy atom. The van der Waals surface area contributed by atoms with Gasteiger partial charge >= 0.3 is 11.9 Å². The Hall–Kier alpha value is -1.75. The lowest BCUT2D eigenvalue weighted by Gasteiger charge is -2.06. The quantitative estimate of drug-likeness (QED) is 0.668. The standard InChI is InChI=1S/C8H6ClNO4/c9-10-5-3-1-2-4(7(11)12)6(5)8(13)14/h1-3,10H,(H,11,12)(H,13,14). The SMILES string of the molecule is O=C(O)c1cccc(NCl)c1C(=O)O. The van der Waals surface area contributed by atoms with Crippen molar-refractivity contribution < 1.29 is 19.8 Å². The molecule has 1 aromatic carbocycles. The van der Waals surface area contributed by atoms with Crippen molar-refractivity contribution in [1.29, 1.82) is 0 Å². The van der Waals surface area contributed by atoms with E-state index in [2.05, 4.69) is 4.84 Å². The fourth-order valence-corrected chi connectivity index (χ4v) is 1.20. The molecule has 0 spiro atoms. The molecule has 0 amide bonds. The van der Waals surface area contributed by atoms with E-state index in [1.165, 1.54) is 18.2 Å². The number of benzene rings is 1. The molecule has 0 atom stereocenters. The van der Waals surface area contributed by atoms with Crippen molar-refractivity contribution in [3.63, 3.8) is 0 Å². The molecule has 0 unspecified atom stereocenters. The van der Waals surface area contributed by atoms with Gasteiger partial charge in [-0.15, -0.1) is 0 Å². The molecule has 0 aliphatic carbocycles. The summed E-state index contributed by atoms with van der Waals surface area (Å²) in [6.07, 6.45) is 0. The van der Waals surface area contributed by atoms with Crippen LogP contribution >= 0.6 is 11.8 Å². The Morgan fingerprint density at radius 2 is 1.86 bits per heavy atom.